The average Bonchev–Trinajstić information content (AvgIpc) is 2.37. The van der Waals surface area contributed by atoms with E-state index in [1.165, 1.54) is 0 Å². The van der Waals surface area contributed by atoms with Crippen molar-refractivity contribution in [2.75, 3.05) is 23.8 Å². The van der Waals surface area contributed by atoms with Crippen LogP contribution in [0, 0.1) is 12.8 Å². The lowest BCUT2D eigenvalue weighted by Gasteiger charge is -2.21. The smallest absolute Gasteiger partial charge is 0.231 e. The highest BCUT2D eigenvalue weighted by molar-refractivity contribution is 6.32. The van der Waals surface area contributed by atoms with E-state index >= 15 is 0 Å². The summed E-state index contributed by atoms with van der Waals surface area (Å²) in [7, 11) is 1.80. The summed E-state index contributed by atoms with van der Waals surface area (Å²) >= 11 is 6.08. The molecule has 0 aliphatic carbocycles. The molecule has 0 radical (unpaired) electrons. The predicted octanol–water partition coefficient (Wildman–Crippen LogP) is 2.67. The molecule has 1 aromatic carbocycles. The van der Waals surface area contributed by atoms with Gasteiger partial charge in [0.15, 0.2) is 0 Å². The lowest BCUT2D eigenvalue weighted by molar-refractivity contribution is -0.121. The maximum absolute atomic E-state index is 12.0. The quantitative estimate of drug-likeness (QED) is 0.754. The summed E-state index contributed by atoms with van der Waals surface area (Å²) in [6.07, 6.45) is 0. The van der Waals surface area contributed by atoms with E-state index in [1.807, 2.05) is 26.0 Å². The fourth-order valence-electron chi connectivity index (χ4n) is 2.04. The van der Waals surface area contributed by atoms with Crippen LogP contribution < -0.4 is 10.2 Å². The first-order chi connectivity index (χ1) is 7.52. The van der Waals surface area contributed by atoms with Crippen molar-refractivity contribution in [1.82, 2.24) is 0 Å². The highest BCUT2D eigenvalue weighted by atomic mass is 35.5. The van der Waals surface area contributed by atoms with E-state index in [0.717, 1.165) is 16.9 Å². The summed E-state index contributed by atoms with van der Waals surface area (Å²) in [5, 5.41) is 3.97. The second kappa shape index (κ2) is 3.98. The molecule has 0 spiro atoms. The fourth-order valence-corrected chi connectivity index (χ4v) is 2.19. The van der Waals surface area contributed by atoms with Gasteiger partial charge >= 0.3 is 0 Å². The SMILES string of the molecule is Cc1c(Cl)ccc2c1N(C)C(=O)C(C)CN2. The maximum Gasteiger partial charge on any atom is 0.231 e. The highest BCUT2D eigenvalue weighted by Crippen LogP contribution is 2.36. The molecule has 1 aliphatic rings. The van der Waals surface area contributed by atoms with Crippen LogP contribution in [-0.4, -0.2) is 19.5 Å². The van der Waals surface area contributed by atoms with Gasteiger partial charge in [-0.05, 0) is 24.6 Å². The first-order valence-corrected chi connectivity index (χ1v) is 5.70. The number of carbonyl (C=O) groups is 1. The summed E-state index contributed by atoms with van der Waals surface area (Å²) in [5.41, 5.74) is 2.81. The number of nitrogens with zero attached hydrogens (tertiary/aromatic N) is 1. The minimum absolute atomic E-state index is 0.0180. The summed E-state index contributed by atoms with van der Waals surface area (Å²) < 4.78 is 0. The maximum atomic E-state index is 12.0. The Hall–Kier alpha value is -1.22. The van der Waals surface area contributed by atoms with Gasteiger partial charge in [0, 0.05) is 18.6 Å². The first kappa shape index (κ1) is 11.3. The molecule has 1 aliphatic heterocycles. The highest BCUT2D eigenvalue weighted by Gasteiger charge is 2.26. The van der Waals surface area contributed by atoms with Crippen LogP contribution >= 0.6 is 11.6 Å². The van der Waals surface area contributed by atoms with Crippen LogP contribution in [0.3, 0.4) is 0 Å². The van der Waals surface area contributed by atoms with Crippen LogP contribution in [0.25, 0.3) is 0 Å². The van der Waals surface area contributed by atoms with E-state index in [4.69, 9.17) is 11.6 Å². The Labute approximate surface area is 100 Å². The number of fused-ring (bicyclic) bond motifs is 1. The van der Waals surface area contributed by atoms with Crippen molar-refractivity contribution in [1.29, 1.82) is 0 Å². The molecule has 2 rings (SSSR count). The third-order valence-corrected chi connectivity index (χ3v) is 3.46. The Morgan fingerprint density at radius 1 is 1.50 bits per heavy atom. The van der Waals surface area contributed by atoms with Gasteiger partial charge in [-0.15, -0.1) is 0 Å². The number of benzene rings is 1. The topological polar surface area (TPSA) is 32.3 Å². The number of anilines is 2. The van der Waals surface area contributed by atoms with Crippen molar-refractivity contribution in [3.63, 3.8) is 0 Å². The summed E-state index contributed by atoms with van der Waals surface area (Å²) in [5.74, 6) is 0.104. The largest absolute Gasteiger partial charge is 0.383 e. The number of rotatable bonds is 0. The fraction of sp³-hybridized carbons (Fsp3) is 0.417. The Balaban J connectivity index is 2.58. The molecule has 1 N–H and O–H groups in total. The number of halogens is 1. The van der Waals surface area contributed by atoms with Crippen LogP contribution in [0.2, 0.25) is 5.02 Å². The van der Waals surface area contributed by atoms with E-state index in [2.05, 4.69) is 5.32 Å². The van der Waals surface area contributed by atoms with E-state index in [9.17, 15) is 4.79 Å². The van der Waals surface area contributed by atoms with Gasteiger partial charge in [0.05, 0.1) is 17.3 Å². The van der Waals surface area contributed by atoms with Gasteiger partial charge in [0.1, 0.15) is 0 Å². The lowest BCUT2D eigenvalue weighted by atomic mass is 10.1. The molecular formula is C12H15ClN2O. The number of nitrogens with one attached hydrogen (secondary N) is 1. The van der Waals surface area contributed by atoms with Crippen molar-refractivity contribution < 1.29 is 4.79 Å². The third kappa shape index (κ3) is 1.65. The van der Waals surface area contributed by atoms with Crippen molar-refractivity contribution in [3.8, 4) is 0 Å². The number of carbonyl (C=O) groups excluding carboxylic acids is 1. The van der Waals surface area contributed by atoms with Gasteiger partial charge in [-0.1, -0.05) is 18.5 Å². The van der Waals surface area contributed by atoms with E-state index < -0.39 is 0 Å². The number of amides is 1. The Morgan fingerprint density at radius 2 is 2.19 bits per heavy atom. The monoisotopic (exact) mass is 238 g/mol. The molecule has 1 aromatic rings. The van der Waals surface area contributed by atoms with E-state index in [-0.39, 0.29) is 11.8 Å². The zero-order valence-corrected chi connectivity index (χ0v) is 10.4. The molecule has 4 heteroatoms. The predicted molar refractivity (Wildman–Crippen MR) is 67.3 cm³/mol. The number of hydrogen-bond donors (Lipinski definition) is 1. The summed E-state index contributed by atoms with van der Waals surface area (Å²) in [6.45, 7) is 4.52. The normalized spacial score (nSPS) is 20.1. The van der Waals surface area contributed by atoms with Crippen LogP contribution in [-0.2, 0) is 4.79 Å². The van der Waals surface area contributed by atoms with Crippen LogP contribution in [0.5, 0.6) is 0 Å². The number of hydrogen-bond acceptors (Lipinski definition) is 2. The second-order valence-electron chi connectivity index (χ2n) is 4.25. The van der Waals surface area contributed by atoms with E-state index in [0.29, 0.717) is 11.6 Å². The first-order valence-electron chi connectivity index (χ1n) is 5.33. The summed E-state index contributed by atoms with van der Waals surface area (Å²) in [4.78, 5) is 13.7. The molecule has 1 unspecified atom stereocenters. The lowest BCUT2D eigenvalue weighted by Crippen LogP contribution is -2.32. The van der Waals surface area contributed by atoms with Gasteiger partial charge < -0.3 is 10.2 Å². The average molecular weight is 239 g/mol. The minimum Gasteiger partial charge on any atom is -0.383 e. The van der Waals surface area contributed by atoms with Gasteiger partial charge in [-0.2, -0.15) is 0 Å². The Morgan fingerprint density at radius 3 is 2.88 bits per heavy atom. The molecule has 1 heterocycles. The molecule has 0 saturated carbocycles. The van der Waals surface area contributed by atoms with Crippen molar-refractivity contribution in [2.24, 2.45) is 5.92 Å². The van der Waals surface area contributed by atoms with E-state index in [1.54, 1.807) is 11.9 Å². The Bertz CT molecular complexity index is 445. The van der Waals surface area contributed by atoms with Gasteiger partial charge in [-0.3, -0.25) is 4.79 Å². The van der Waals surface area contributed by atoms with Crippen LogP contribution in [0.4, 0.5) is 11.4 Å². The molecule has 16 heavy (non-hydrogen) atoms. The standard InChI is InChI=1S/C12H15ClN2O/c1-7-6-14-10-5-4-9(13)8(2)11(10)15(3)12(7)16/h4-5,7,14H,6H2,1-3H3. The molecule has 1 amide bonds. The Kier molecular flexibility index (Phi) is 2.80. The van der Waals surface area contributed by atoms with Crippen LogP contribution in [0.15, 0.2) is 12.1 Å². The molecule has 0 aromatic heterocycles. The van der Waals surface area contributed by atoms with Crippen LogP contribution in [0.1, 0.15) is 12.5 Å². The van der Waals surface area contributed by atoms with Gasteiger partial charge in [-0.25, -0.2) is 0 Å². The van der Waals surface area contributed by atoms with Crippen molar-refractivity contribution in [2.45, 2.75) is 13.8 Å². The zero-order valence-electron chi connectivity index (χ0n) is 9.67. The third-order valence-electron chi connectivity index (χ3n) is 3.05. The molecule has 0 saturated heterocycles. The van der Waals surface area contributed by atoms with Crippen molar-refractivity contribution in [3.05, 3.63) is 22.7 Å². The molecule has 0 fully saturated rings. The molecular weight excluding hydrogens is 224 g/mol. The van der Waals surface area contributed by atoms with Gasteiger partial charge in [0.2, 0.25) is 5.91 Å². The molecule has 3 nitrogen and oxygen atoms in total. The minimum atomic E-state index is -0.0180. The summed E-state index contributed by atoms with van der Waals surface area (Å²) in [6, 6.07) is 3.78. The zero-order chi connectivity index (χ0) is 11.9. The molecule has 86 valence electrons. The van der Waals surface area contributed by atoms with Gasteiger partial charge in [0.25, 0.3) is 0 Å². The molecule has 0 bridgehead atoms. The second-order valence-corrected chi connectivity index (χ2v) is 4.65. The molecule has 1 atom stereocenters. The van der Waals surface area contributed by atoms with Crippen molar-refractivity contribution >= 4 is 28.9 Å².